The number of ether oxygens (including phenoxy) is 2. The van der Waals surface area contributed by atoms with E-state index in [1.54, 1.807) is 14.2 Å². The van der Waals surface area contributed by atoms with Crippen molar-refractivity contribution < 1.29 is 43.4 Å². The maximum absolute atomic E-state index is 5.87. The molecule has 150 valence electrons. The first kappa shape index (κ1) is 23.3. The van der Waals surface area contributed by atoms with E-state index < -0.39 is 0 Å². The Bertz CT molecular complexity index is 847. The first-order valence-corrected chi connectivity index (χ1v) is 8.32. The molecule has 0 saturated carbocycles. The van der Waals surface area contributed by atoms with Gasteiger partial charge in [0.15, 0.2) is 37.9 Å². The number of rotatable bonds is 6. The molecule has 0 aliphatic heterocycles. The maximum Gasteiger partial charge on any atom is 0.192 e. The summed E-state index contributed by atoms with van der Waals surface area (Å²) < 4.78 is 15.3. The minimum absolute atomic E-state index is 0. The lowest BCUT2D eigenvalue weighted by atomic mass is 10.1. The molecule has 6 nitrogen and oxygen atoms in total. The molecule has 28 heavy (non-hydrogen) atoms. The van der Waals surface area contributed by atoms with Crippen molar-refractivity contribution in [2.75, 3.05) is 25.7 Å². The molecule has 0 fully saturated rings. The highest BCUT2D eigenvalue weighted by molar-refractivity contribution is 5.46. The van der Waals surface area contributed by atoms with Crippen LogP contribution in [0.4, 0.5) is 11.4 Å². The van der Waals surface area contributed by atoms with E-state index in [0.29, 0.717) is 24.5 Å². The topological polar surface area (TPSA) is 78.3 Å². The highest BCUT2D eigenvalue weighted by Gasteiger charge is 2.17. The number of nitrogen functional groups attached to an aromatic ring is 2. The van der Waals surface area contributed by atoms with Crippen molar-refractivity contribution in [3.8, 4) is 11.5 Å². The minimum atomic E-state index is 0. The normalized spacial score (nSPS) is 9.79. The number of halogens is 2. The molecule has 0 radical (unpaired) electrons. The lowest BCUT2D eigenvalue weighted by Gasteiger charge is -2.12. The smallest absolute Gasteiger partial charge is 0.192 e. The van der Waals surface area contributed by atoms with Gasteiger partial charge in [0, 0.05) is 12.1 Å². The van der Waals surface area contributed by atoms with Gasteiger partial charge in [0.2, 0.25) is 0 Å². The van der Waals surface area contributed by atoms with Crippen molar-refractivity contribution in [1.82, 2.24) is 0 Å². The maximum atomic E-state index is 5.87. The molecular formula is C20H24Cl2N4O2. The van der Waals surface area contributed by atoms with E-state index in [1.807, 2.05) is 70.3 Å². The van der Waals surface area contributed by atoms with Crippen LogP contribution in [0.1, 0.15) is 11.1 Å². The van der Waals surface area contributed by atoms with Crippen LogP contribution in [0.25, 0.3) is 0 Å². The van der Waals surface area contributed by atoms with Gasteiger partial charge in [0.25, 0.3) is 0 Å². The minimum Gasteiger partial charge on any atom is -1.00 e. The van der Waals surface area contributed by atoms with Gasteiger partial charge < -0.3 is 45.8 Å². The van der Waals surface area contributed by atoms with Gasteiger partial charge in [-0.05, 0) is 24.3 Å². The largest absolute Gasteiger partial charge is 1.00 e. The van der Waals surface area contributed by atoms with Crippen LogP contribution in [0.3, 0.4) is 0 Å². The van der Waals surface area contributed by atoms with Crippen molar-refractivity contribution in [2.24, 2.45) is 0 Å². The van der Waals surface area contributed by atoms with Gasteiger partial charge in [0.1, 0.15) is 11.5 Å². The summed E-state index contributed by atoms with van der Waals surface area (Å²) in [6.45, 7) is 1.27. The highest BCUT2D eigenvalue weighted by Crippen LogP contribution is 2.29. The van der Waals surface area contributed by atoms with Gasteiger partial charge in [-0.2, -0.15) is 9.13 Å². The van der Waals surface area contributed by atoms with Crippen molar-refractivity contribution in [2.45, 2.75) is 13.1 Å². The first-order valence-electron chi connectivity index (χ1n) is 8.32. The molecule has 4 N–H and O–H groups in total. The number of nitrogens with zero attached hydrogens (tertiary/aromatic N) is 2. The molecule has 0 bridgehead atoms. The summed E-state index contributed by atoms with van der Waals surface area (Å²) in [7, 11) is 3.35. The third-order valence-electron chi connectivity index (χ3n) is 4.15. The highest BCUT2D eigenvalue weighted by atomic mass is 35.5. The molecule has 0 spiro atoms. The number of aromatic nitrogens is 2. The lowest BCUT2D eigenvalue weighted by molar-refractivity contribution is -0.688. The van der Waals surface area contributed by atoms with E-state index in [2.05, 4.69) is 0 Å². The van der Waals surface area contributed by atoms with Crippen molar-refractivity contribution in [3.05, 3.63) is 72.3 Å². The summed E-state index contributed by atoms with van der Waals surface area (Å²) in [4.78, 5) is 0. The SMILES string of the molecule is COc1cc(C[n+]2cccc(N)c2)c(OC)cc1C[n+]1cccc(N)c1.[Cl-].[Cl-]. The average Bonchev–Trinajstić information content (AvgIpc) is 2.62. The Morgan fingerprint density at radius 2 is 1.14 bits per heavy atom. The zero-order chi connectivity index (χ0) is 18.5. The molecule has 0 unspecified atom stereocenters. The first-order chi connectivity index (χ1) is 12.6. The molecule has 0 atom stereocenters. The van der Waals surface area contributed by atoms with Gasteiger partial charge in [-0.15, -0.1) is 0 Å². The third kappa shape index (κ3) is 5.65. The van der Waals surface area contributed by atoms with Crippen molar-refractivity contribution in [3.63, 3.8) is 0 Å². The van der Waals surface area contributed by atoms with Crippen LogP contribution in [-0.4, -0.2) is 14.2 Å². The number of anilines is 2. The Balaban J connectivity index is 0.00000196. The summed E-state index contributed by atoms with van der Waals surface area (Å²) in [6, 6.07) is 11.6. The van der Waals surface area contributed by atoms with Crippen LogP contribution in [0.5, 0.6) is 11.5 Å². The molecule has 0 aliphatic carbocycles. The fourth-order valence-corrected chi connectivity index (χ4v) is 2.95. The summed E-state index contributed by atoms with van der Waals surface area (Å²) in [5.41, 5.74) is 15.2. The molecule has 2 aromatic heterocycles. The summed E-state index contributed by atoms with van der Waals surface area (Å²) in [5.74, 6) is 1.61. The van der Waals surface area contributed by atoms with Crippen molar-refractivity contribution in [1.29, 1.82) is 0 Å². The predicted octanol–water partition coefficient (Wildman–Crippen LogP) is -4.45. The van der Waals surface area contributed by atoms with Gasteiger partial charge >= 0.3 is 0 Å². The standard InChI is InChI=1S/C20H24N4O2.2ClH/c1-25-19-9-16(12-24-8-4-6-18(22)14-24)20(26-2)10-15(19)11-23-7-3-5-17(21)13-23;;/h3-10,13-14H,11-12,21-22H2,1-2H3;2*1H/q+2;;/p-2. The molecule has 0 amide bonds. The molecule has 8 heteroatoms. The summed E-state index contributed by atoms with van der Waals surface area (Å²) in [5, 5.41) is 0. The number of hydrogen-bond acceptors (Lipinski definition) is 4. The van der Waals surface area contributed by atoms with E-state index in [1.165, 1.54) is 0 Å². The monoisotopic (exact) mass is 422 g/mol. The molecular weight excluding hydrogens is 399 g/mol. The fraction of sp³-hybridized carbons (Fsp3) is 0.200. The van der Waals surface area contributed by atoms with E-state index in [9.17, 15) is 0 Å². The van der Waals surface area contributed by atoms with Gasteiger partial charge in [-0.3, -0.25) is 0 Å². The average molecular weight is 423 g/mol. The van der Waals surface area contributed by atoms with Crippen LogP contribution in [-0.2, 0) is 13.1 Å². The van der Waals surface area contributed by atoms with E-state index >= 15 is 0 Å². The molecule has 1 aromatic carbocycles. The number of benzene rings is 1. The predicted molar refractivity (Wildman–Crippen MR) is 99.8 cm³/mol. The fourth-order valence-electron chi connectivity index (χ4n) is 2.95. The van der Waals surface area contributed by atoms with Crippen molar-refractivity contribution >= 4 is 11.4 Å². The zero-order valence-electron chi connectivity index (χ0n) is 15.8. The Kier molecular flexibility index (Phi) is 8.82. The number of pyridine rings is 2. The van der Waals surface area contributed by atoms with Crippen LogP contribution in [0.15, 0.2) is 61.2 Å². The lowest BCUT2D eigenvalue weighted by Crippen LogP contribution is -3.00. The number of nitrogens with two attached hydrogens (primary N) is 2. The second-order valence-corrected chi connectivity index (χ2v) is 6.10. The second kappa shape index (κ2) is 10.6. The van der Waals surface area contributed by atoms with Gasteiger partial charge in [-0.1, -0.05) is 0 Å². The molecule has 0 saturated heterocycles. The van der Waals surface area contributed by atoms with Gasteiger partial charge in [0.05, 0.1) is 36.7 Å². The molecule has 0 aliphatic rings. The Labute approximate surface area is 177 Å². The second-order valence-electron chi connectivity index (χ2n) is 6.10. The Morgan fingerprint density at radius 3 is 1.46 bits per heavy atom. The molecule has 3 aromatic rings. The summed E-state index contributed by atoms with van der Waals surface area (Å²) in [6.07, 6.45) is 7.72. The van der Waals surface area contributed by atoms with E-state index in [4.69, 9.17) is 20.9 Å². The Hall–Kier alpha value is -2.70. The van der Waals surface area contributed by atoms with E-state index in [-0.39, 0.29) is 24.8 Å². The number of hydrogen-bond donors (Lipinski definition) is 2. The quantitative estimate of drug-likeness (QED) is 0.393. The van der Waals surface area contributed by atoms with E-state index in [0.717, 1.165) is 22.6 Å². The van der Waals surface area contributed by atoms with Crippen LogP contribution in [0, 0.1) is 0 Å². The molecule has 2 heterocycles. The third-order valence-corrected chi connectivity index (χ3v) is 4.15. The van der Waals surface area contributed by atoms with Gasteiger partial charge in [-0.25, -0.2) is 0 Å². The zero-order valence-corrected chi connectivity index (χ0v) is 17.3. The molecule has 3 rings (SSSR count). The summed E-state index contributed by atoms with van der Waals surface area (Å²) >= 11 is 0. The van der Waals surface area contributed by atoms with Crippen LogP contribution >= 0.6 is 0 Å². The van der Waals surface area contributed by atoms with Crippen LogP contribution in [0.2, 0.25) is 0 Å². The Morgan fingerprint density at radius 1 is 0.750 bits per heavy atom. The number of methoxy groups -OCH3 is 2. The van der Waals surface area contributed by atoms with Crippen LogP contribution < -0.4 is 54.9 Å².